The number of carbonyl (C=O) groups is 5. The molecule has 180 valence electrons. The quantitative estimate of drug-likeness (QED) is 0.220. The maximum atomic E-state index is 9.34. The van der Waals surface area contributed by atoms with Crippen molar-refractivity contribution in [1.82, 2.24) is 0 Å². The van der Waals surface area contributed by atoms with Crippen LogP contribution in [-0.2, 0) is 24.0 Å². The van der Waals surface area contributed by atoms with Gasteiger partial charge in [-0.15, -0.1) is 0 Å². The number of aliphatic hydroxyl groups excluding tert-OH is 5. The summed E-state index contributed by atoms with van der Waals surface area (Å²) in [5.74, 6) is -7.18. The van der Waals surface area contributed by atoms with E-state index in [1.165, 1.54) is 0 Å². The molecule has 0 amide bonds. The monoisotopic (exact) mass is 496 g/mol. The molecule has 0 bridgehead atoms. The van der Waals surface area contributed by atoms with Crippen LogP contribution < -0.4 is 25.5 Å². The maximum Gasteiger partial charge on any atom is 3.00 e. The van der Waals surface area contributed by atoms with Gasteiger partial charge in [-0.2, -0.15) is 0 Å². The smallest absolute Gasteiger partial charge is 0.547 e. The predicted molar refractivity (Wildman–Crippen MR) is 94.9 cm³/mol. The van der Waals surface area contributed by atoms with Gasteiger partial charge in [0, 0.05) is 0 Å². The van der Waals surface area contributed by atoms with Crippen molar-refractivity contribution in [3.05, 3.63) is 0 Å². The number of carbonyl (C=O) groups excluding carboxylic acids is 5. The first-order valence-corrected chi connectivity index (χ1v) is 7.66. The van der Waals surface area contributed by atoms with Crippen LogP contribution in [0.25, 0.3) is 0 Å². The minimum absolute atomic E-state index is 0. The fraction of sp³-hybridized carbons (Fsp3) is 0.667. The molecule has 5 unspecified atom stereocenters. The van der Waals surface area contributed by atoms with Gasteiger partial charge in [-0.25, -0.2) is 0 Å². The van der Waals surface area contributed by atoms with E-state index in [9.17, 15) is 49.5 Å². The Hall–Kier alpha value is -1.55. The molecule has 0 aromatic rings. The molecule has 0 saturated carbocycles. The minimum atomic E-state index is -1.44. The topological polar surface area (TPSA) is 302 Å². The molecule has 0 aromatic heterocycles. The number of hydrogen-bond acceptors (Lipinski definition) is 15. The Labute approximate surface area is 210 Å². The van der Waals surface area contributed by atoms with Gasteiger partial charge in [-0.05, 0) is 34.6 Å². The van der Waals surface area contributed by atoms with E-state index in [1.54, 1.807) is 0 Å². The van der Waals surface area contributed by atoms with Crippen LogP contribution >= 0.6 is 0 Å². The van der Waals surface area contributed by atoms with E-state index in [1.807, 2.05) is 0 Å². The van der Waals surface area contributed by atoms with Crippen molar-refractivity contribution in [1.29, 1.82) is 0 Å². The fourth-order valence-electron chi connectivity index (χ4n) is 0. The number of rotatable bonds is 5. The van der Waals surface area contributed by atoms with Crippen LogP contribution in [0.15, 0.2) is 0 Å². The molecule has 0 aliphatic rings. The van der Waals surface area contributed by atoms with E-state index >= 15 is 0 Å². The standard InChI is InChI=1S/5C3H6O3.Al.Mg/c5*1-2(4)3(5)6;;/h5*2,4H,1H3,(H,5,6);;/q;;;;;+3;+2/p-5. The van der Waals surface area contributed by atoms with Crippen molar-refractivity contribution >= 4 is 70.3 Å². The van der Waals surface area contributed by atoms with E-state index in [-0.39, 0.29) is 40.4 Å². The third-order valence-electron chi connectivity index (χ3n) is 1.71. The Morgan fingerprint density at radius 2 is 0.469 bits per heavy atom. The average Bonchev–Trinajstić information content (AvgIpc) is 2.56. The largest absolute Gasteiger partial charge is 3.00 e. The van der Waals surface area contributed by atoms with E-state index in [0.29, 0.717) is 0 Å². The summed E-state index contributed by atoms with van der Waals surface area (Å²) >= 11 is 0. The summed E-state index contributed by atoms with van der Waals surface area (Å²) in [6.07, 6.45) is -6.71. The van der Waals surface area contributed by atoms with E-state index in [0.717, 1.165) is 34.6 Å². The first kappa shape index (κ1) is 48.0. The van der Waals surface area contributed by atoms with Gasteiger partial charge in [0.15, 0.2) is 0 Å². The summed E-state index contributed by atoms with van der Waals surface area (Å²) in [5.41, 5.74) is 0. The molecule has 0 rings (SSSR count). The molecule has 32 heavy (non-hydrogen) atoms. The van der Waals surface area contributed by atoms with Gasteiger partial charge in [0.2, 0.25) is 0 Å². The van der Waals surface area contributed by atoms with Gasteiger partial charge in [0.1, 0.15) is 0 Å². The first-order chi connectivity index (χ1) is 13.2. The van der Waals surface area contributed by atoms with Crippen LogP contribution in [0.2, 0.25) is 0 Å². The summed E-state index contributed by atoms with van der Waals surface area (Å²) in [4.78, 5) is 46.7. The van der Waals surface area contributed by atoms with Crippen molar-refractivity contribution in [3.63, 3.8) is 0 Å². The average molecular weight is 497 g/mol. The zero-order valence-corrected chi connectivity index (χ0v) is 20.6. The molecule has 5 N–H and O–H groups in total. The van der Waals surface area contributed by atoms with Gasteiger partial charge >= 0.3 is 40.4 Å². The number of aliphatic carboxylic acids is 5. The van der Waals surface area contributed by atoms with E-state index in [2.05, 4.69) is 0 Å². The van der Waals surface area contributed by atoms with Crippen LogP contribution in [0.1, 0.15) is 34.6 Å². The number of hydrogen-bond donors (Lipinski definition) is 5. The SMILES string of the molecule is CC(O)C(=O)[O-].CC(O)C(=O)[O-].CC(O)C(=O)[O-].CC(O)C(=O)[O-].CC(O)C(=O)[O-].[Al+3].[Mg+2]. The Kier molecular flexibility index (Phi) is 44.2. The molecular formula is C15H25AlMgO15. The molecule has 0 saturated heterocycles. The van der Waals surface area contributed by atoms with E-state index in [4.69, 9.17) is 25.5 Å². The zero-order chi connectivity index (χ0) is 25.8. The summed E-state index contributed by atoms with van der Waals surface area (Å²) in [6, 6.07) is 0. The van der Waals surface area contributed by atoms with Crippen LogP contribution in [0.5, 0.6) is 0 Å². The van der Waals surface area contributed by atoms with Gasteiger partial charge in [-0.1, -0.05) is 0 Å². The summed E-state index contributed by atoms with van der Waals surface area (Å²) in [7, 11) is 0. The molecule has 15 nitrogen and oxygen atoms in total. The summed E-state index contributed by atoms with van der Waals surface area (Å²) in [6.45, 7) is 5.67. The van der Waals surface area contributed by atoms with Gasteiger partial charge in [0.25, 0.3) is 0 Å². The first-order valence-electron chi connectivity index (χ1n) is 7.66. The van der Waals surface area contributed by atoms with Crippen molar-refractivity contribution < 1.29 is 75.0 Å². The van der Waals surface area contributed by atoms with Gasteiger partial charge in [-0.3, -0.25) is 0 Å². The zero-order valence-electron chi connectivity index (χ0n) is 18.0. The number of carboxylic acids is 5. The Balaban J connectivity index is -0.0000000481. The van der Waals surface area contributed by atoms with Crippen LogP contribution in [-0.4, -0.2) is 126 Å². The summed E-state index contributed by atoms with van der Waals surface area (Å²) in [5, 5.41) is 86.5. The molecular weight excluding hydrogens is 471 g/mol. The van der Waals surface area contributed by atoms with Crippen molar-refractivity contribution in [2.45, 2.75) is 65.1 Å². The fourth-order valence-corrected chi connectivity index (χ4v) is 0. The molecule has 0 spiro atoms. The summed E-state index contributed by atoms with van der Waals surface area (Å²) < 4.78 is 0. The Morgan fingerprint density at radius 3 is 0.469 bits per heavy atom. The van der Waals surface area contributed by atoms with E-state index < -0.39 is 60.4 Å². The van der Waals surface area contributed by atoms with Crippen molar-refractivity contribution in [2.75, 3.05) is 0 Å². The second-order valence-electron chi connectivity index (χ2n) is 4.98. The normalized spacial score (nSPS) is 12.8. The van der Waals surface area contributed by atoms with Gasteiger partial charge in [0.05, 0.1) is 60.4 Å². The van der Waals surface area contributed by atoms with Crippen molar-refractivity contribution in [2.24, 2.45) is 0 Å². The third kappa shape index (κ3) is 63.0. The van der Waals surface area contributed by atoms with Gasteiger partial charge < -0.3 is 75.0 Å². The molecule has 0 heterocycles. The van der Waals surface area contributed by atoms with Crippen LogP contribution in [0.3, 0.4) is 0 Å². The molecule has 0 fully saturated rings. The molecule has 0 aliphatic carbocycles. The second-order valence-corrected chi connectivity index (χ2v) is 4.98. The predicted octanol–water partition coefficient (Wildman–Crippen LogP) is -10.2. The third-order valence-corrected chi connectivity index (χ3v) is 1.71. The van der Waals surface area contributed by atoms with Crippen LogP contribution in [0.4, 0.5) is 0 Å². The molecule has 5 atom stereocenters. The molecule has 0 aliphatic heterocycles. The minimum Gasteiger partial charge on any atom is -0.547 e. The second kappa shape index (κ2) is 29.4. The van der Waals surface area contributed by atoms with Crippen LogP contribution in [0, 0.1) is 0 Å². The maximum absolute atomic E-state index is 9.34. The Morgan fingerprint density at radius 1 is 0.438 bits per heavy atom. The molecule has 0 aromatic carbocycles. The molecule has 0 radical (unpaired) electrons. The number of carboxylic acid groups (broad SMARTS) is 5. The van der Waals surface area contributed by atoms with Crippen molar-refractivity contribution in [3.8, 4) is 0 Å². The molecule has 17 heteroatoms. The number of aliphatic hydroxyl groups is 5. The Bertz CT molecular complexity index is 403.